The number of halogens is 1. The van der Waals surface area contributed by atoms with E-state index in [-0.39, 0.29) is 26.9 Å². The molecule has 2 heterocycles. The molecule has 35 heavy (non-hydrogen) atoms. The number of benzene rings is 1. The average molecular weight is 552 g/mol. The van der Waals surface area contributed by atoms with Crippen molar-refractivity contribution in [2.75, 3.05) is 22.0 Å². The molecule has 0 amide bonds. The Hall–Kier alpha value is -2.80. The molecule has 0 bridgehead atoms. The zero-order chi connectivity index (χ0) is 25.0. The van der Waals surface area contributed by atoms with Crippen molar-refractivity contribution < 1.29 is 17.9 Å². The number of carbonyl (C=O) groups excluding carboxylic acids is 1. The monoisotopic (exact) mass is 551 g/mol. The quantitative estimate of drug-likeness (QED) is 0.279. The van der Waals surface area contributed by atoms with Crippen LogP contribution < -0.4 is 15.4 Å². The van der Waals surface area contributed by atoms with Gasteiger partial charge < -0.3 is 15.4 Å². The predicted molar refractivity (Wildman–Crippen MR) is 141 cm³/mol. The molecule has 0 radical (unpaired) electrons. The summed E-state index contributed by atoms with van der Waals surface area (Å²) in [5.74, 6) is -0.303. The lowest BCUT2D eigenvalue weighted by molar-refractivity contribution is 0.0526. The lowest BCUT2D eigenvalue weighted by Crippen LogP contribution is -2.20. The number of nitrogens with one attached hydrogen (secondary N) is 3. The number of thiophene rings is 1. The van der Waals surface area contributed by atoms with Gasteiger partial charge in [-0.15, -0.1) is 21.5 Å². The van der Waals surface area contributed by atoms with Crippen molar-refractivity contribution in [2.24, 2.45) is 0 Å². The molecule has 0 unspecified atom stereocenters. The van der Waals surface area contributed by atoms with Crippen molar-refractivity contribution >= 4 is 72.8 Å². The Labute approximate surface area is 217 Å². The fraction of sp³-hybridized carbons (Fsp3) is 0.273. The molecule has 0 fully saturated rings. The number of anilines is 3. The Morgan fingerprint density at radius 2 is 1.86 bits per heavy atom. The van der Waals surface area contributed by atoms with Gasteiger partial charge in [-0.3, -0.25) is 4.72 Å². The number of hydrogen-bond acceptors (Lipinski definition) is 8. The summed E-state index contributed by atoms with van der Waals surface area (Å²) in [5, 5.41) is 14.5. The maximum atomic E-state index is 12.6. The van der Waals surface area contributed by atoms with E-state index in [9.17, 15) is 13.2 Å². The first-order valence-corrected chi connectivity index (χ1v) is 13.9. The third-order valence-corrected chi connectivity index (χ3v) is 8.15. The Morgan fingerprint density at radius 3 is 2.54 bits per heavy atom. The molecule has 0 saturated heterocycles. The summed E-state index contributed by atoms with van der Waals surface area (Å²) < 4.78 is 32.8. The highest BCUT2D eigenvalue weighted by Gasteiger charge is 2.26. The second-order valence-corrected chi connectivity index (χ2v) is 11.2. The molecule has 3 aromatic rings. The Kier molecular flexibility index (Phi) is 7.85. The van der Waals surface area contributed by atoms with Crippen molar-refractivity contribution in [3.8, 4) is 0 Å². The summed E-state index contributed by atoms with van der Waals surface area (Å²) in [6.07, 6.45) is 3.90. The standard InChI is InChI=1S/C22H22ClN5O4S3/c1-2-32-21(29)19-15-5-3-4-6-16(15)34-20(19)25-22(33)24-13-7-9-14(10-8-13)35(30,31)28-18-12-11-17(23)26-27-18/h7-12H,2-6H2,1H3,(H,27,28)(H2,24,25,33). The number of thiocarbonyl (C=S) groups is 1. The van der Waals surface area contributed by atoms with Crippen molar-refractivity contribution in [3.63, 3.8) is 0 Å². The SMILES string of the molecule is CCOC(=O)c1c(NC(=S)Nc2ccc(S(=O)(=O)Nc3ccc(Cl)nn3)cc2)sc2c1CCCC2. The van der Waals surface area contributed by atoms with Crippen LogP contribution in [-0.2, 0) is 27.6 Å². The van der Waals surface area contributed by atoms with E-state index >= 15 is 0 Å². The van der Waals surface area contributed by atoms with Gasteiger partial charge in [-0.1, -0.05) is 11.6 Å². The number of carbonyl (C=O) groups is 1. The zero-order valence-corrected chi connectivity index (χ0v) is 21.8. The van der Waals surface area contributed by atoms with Gasteiger partial charge in [-0.25, -0.2) is 13.2 Å². The van der Waals surface area contributed by atoms with E-state index in [1.807, 2.05) is 0 Å². The number of esters is 1. The Morgan fingerprint density at radius 1 is 1.11 bits per heavy atom. The van der Waals surface area contributed by atoms with Crippen LogP contribution in [0.5, 0.6) is 0 Å². The summed E-state index contributed by atoms with van der Waals surface area (Å²) in [7, 11) is -3.86. The van der Waals surface area contributed by atoms with E-state index in [4.69, 9.17) is 28.6 Å². The van der Waals surface area contributed by atoms with Crippen LogP contribution in [0.1, 0.15) is 40.6 Å². The fourth-order valence-electron chi connectivity index (χ4n) is 3.62. The van der Waals surface area contributed by atoms with E-state index in [0.29, 0.717) is 22.9 Å². The minimum atomic E-state index is -3.86. The second kappa shape index (κ2) is 10.9. The molecule has 0 aliphatic heterocycles. The average Bonchev–Trinajstić information content (AvgIpc) is 3.18. The normalized spacial score (nSPS) is 13.0. The molecule has 2 aromatic heterocycles. The molecule has 1 aromatic carbocycles. The first-order chi connectivity index (χ1) is 16.8. The van der Waals surface area contributed by atoms with Crippen molar-refractivity contribution in [1.82, 2.24) is 10.2 Å². The Bertz CT molecular complexity index is 1340. The van der Waals surface area contributed by atoms with Crippen molar-refractivity contribution in [2.45, 2.75) is 37.5 Å². The van der Waals surface area contributed by atoms with Gasteiger partial charge in [-0.05, 0) is 86.8 Å². The molecule has 184 valence electrons. The van der Waals surface area contributed by atoms with E-state index in [2.05, 4.69) is 25.6 Å². The smallest absolute Gasteiger partial charge is 0.341 e. The molecule has 0 spiro atoms. The van der Waals surface area contributed by atoms with E-state index in [0.717, 1.165) is 31.2 Å². The molecule has 4 rings (SSSR count). The van der Waals surface area contributed by atoms with Gasteiger partial charge in [-0.2, -0.15) is 0 Å². The van der Waals surface area contributed by atoms with Gasteiger partial charge in [0, 0.05) is 10.6 Å². The summed E-state index contributed by atoms with van der Waals surface area (Å²) in [6, 6.07) is 8.89. The van der Waals surface area contributed by atoms with E-state index < -0.39 is 10.0 Å². The number of fused-ring (bicyclic) bond motifs is 1. The van der Waals surface area contributed by atoms with Gasteiger partial charge in [0.1, 0.15) is 5.00 Å². The first-order valence-electron chi connectivity index (χ1n) is 10.8. The van der Waals surface area contributed by atoms with Gasteiger partial charge in [0.25, 0.3) is 10.0 Å². The molecule has 1 aliphatic carbocycles. The predicted octanol–water partition coefficient (Wildman–Crippen LogP) is 4.86. The van der Waals surface area contributed by atoms with Crippen LogP contribution in [-0.4, -0.2) is 36.3 Å². The lowest BCUT2D eigenvalue weighted by Gasteiger charge is -2.13. The topological polar surface area (TPSA) is 122 Å². The number of nitrogens with zero attached hydrogens (tertiary/aromatic N) is 2. The van der Waals surface area contributed by atoms with Crippen LogP contribution in [0.4, 0.5) is 16.5 Å². The fourth-order valence-corrected chi connectivity index (χ4v) is 6.29. The zero-order valence-electron chi connectivity index (χ0n) is 18.6. The highest BCUT2D eigenvalue weighted by atomic mass is 35.5. The van der Waals surface area contributed by atoms with Crippen LogP contribution in [0.2, 0.25) is 5.15 Å². The molecule has 0 atom stereocenters. The maximum Gasteiger partial charge on any atom is 0.341 e. The molecule has 13 heteroatoms. The molecule has 0 saturated carbocycles. The summed E-state index contributed by atoms with van der Waals surface area (Å²) in [5.41, 5.74) is 2.16. The van der Waals surface area contributed by atoms with Gasteiger partial charge in [0.05, 0.1) is 17.1 Å². The van der Waals surface area contributed by atoms with Crippen LogP contribution in [0.15, 0.2) is 41.3 Å². The van der Waals surface area contributed by atoms with Crippen LogP contribution >= 0.6 is 35.2 Å². The number of sulfonamides is 1. The highest BCUT2D eigenvalue weighted by molar-refractivity contribution is 7.92. The van der Waals surface area contributed by atoms with Gasteiger partial charge >= 0.3 is 5.97 Å². The van der Waals surface area contributed by atoms with E-state index in [1.165, 1.54) is 40.5 Å². The number of ether oxygens (including phenoxy) is 1. The third kappa shape index (κ3) is 6.07. The molecular weight excluding hydrogens is 530 g/mol. The Balaban J connectivity index is 1.45. The molecule has 1 aliphatic rings. The largest absolute Gasteiger partial charge is 0.462 e. The highest BCUT2D eigenvalue weighted by Crippen LogP contribution is 2.38. The van der Waals surface area contributed by atoms with Crippen LogP contribution in [0.25, 0.3) is 0 Å². The number of aromatic nitrogens is 2. The summed E-state index contributed by atoms with van der Waals surface area (Å²) in [4.78, 5) is 13.8. The molecule has 3 N–H and O–H groups in total. The lowest BCUT2D eigenvalue weighted by atomic mass is 9.95. The number of rotatable bonds is 7. The third-order valence-electron chi connectivity index (χ3n) is 5.17. The minimum Gasteiger partial charge on any atom is -0.462 e. The van der Waals surface area contributed by atoms with Gasteiger partial charge in [0.2, 0.25) is 0 Å². The summed E-state index contributed by atoms with van der Waals surface area (Å²) in [6.45, 7) is 2.07. The van der Waals surface area contributed by atoms with E-state index in [1.54, 1.807) is 19.1 Å². The first kappa shape index (κ1) is 25.3. The van der Waals surface area contributed by atoms with Crippen molar-refractivity contribution in [1.29, 1.82) is 0 Å². The second-order valence-electron chi connectivity index (χ2n) is 7.59. The number of aryl methyl sites for hydroxylation is 1. The molecular formula is C22H22ClN5O4S3. The summed E-state index contributed by atoms with van der Waals surface area (Å²) >= 11 is 12.6. The maximum absolute atomic E-state index is 12.6. The van der Waals surface area contributed by atoms with Crippen molar-refractivity contribution in [3.05, 3.63) is 57.6 Å². The van der Waals surface area contributed by atoms with Crippen LogP contribution in [0, 0.1) is 0 Å². The van der Waals surface area contributed by atoms with Crippen LogP contribution in [0.3, 0.4) is 0 Å². The molecule has 9 nitrogen and oxygen atoms in total. The minimum absolute atomic E-state index is 0.0363. The number of hydrogen-bond donors (Lipinski definition) is 3. The van der Waals surface area contributed by atoms with Gasteiger partial charge in [0.15, 0.2) is 16.1 Å².